The summed E-state index contributed by atoms with van der Waals surface area (Å²) in [4.78, 5) is 11.0. The molecule has 0 aliphatic carbocycles. The van der Waals surface area contributed by atoms with Crippen molar-refractivity contribution in [2.24, 2.45) is 5.92 Å². The minimum absolute atomic E-state index is 0.0933. The molecule has 0 saturated carbocycles. The van der Waals surface area contributed by atoms with Gasteiger partial charge in [0.15, 0.2) is 12.4 Å². The van der Waals surface area contributed by atoms with E-state index in [1.165, 1.54) is 6.26 Å². The van der Waals surface area contributed by atoms with E-state index >= 15 is 0 Å². The summed E-state index contributed by atoms with van der Waals surface area (Å²) in [6.45, 7) is 7.05. The van der Waals surface area contributed by atoms with Crippen LogP contribution in [0.3, 0.4) is 0 Å². The number of rotatable bonds is 3. The minimum atomic E-state index is -0.262. The highest BCUT2D eigenvalue weighted by atomic mass is 16.7. The van der Waals surface area contributed by atoms with Gasteiger partial charge in [-0.05, 0) is 6.58 Å². The van der Waals surface area contributed by atoms with Crippen LogP contribution < -0.4 is 0 Å². The third-order valence-electron chi connectivity index (χ3n) is 1.39. The Kier molecular flexibility index (Phi) is 2.95. The van der Waals surface area contributed by atoms with Gasteiger partial charge in [0.25, 0.3) is 5.95 Å². The van der Waals surface area contributed by atoms with E-state index in [1.54, 1.807) is 13.8 Å². The molecular weight excluding hydrogens is 172 g/mol. The van der Waals surface area contributed by atoms with Gasteiger partial charge in [0, 0.05) is 0 Å². The van der Waals surface area contributed by atoms with Gasteiger partial charge in [0.05, 0.1) is 5.92 Å². The molecule has 72 valence electrons. The van der Waals surface area contributed by atoms with E-state index in [4.69, 9.17) is 14.2 Å². The van der Waals surface area contributed by atoms with Gasteiger partial charge in [-0.2, -0.15) is 0 Å². The average molecular weight is 184 g/mol. The molecule has 0 aromatic rings. The molecule has 1 rings (SSSR count). The maximum Gasteiger partial charge on any atom is 0.308 e. The molecule has 0 atom stereocenters. The van der Waals surface area contributed by atoms with E-state index in [-0.39, 0.29) is 24.4 Å². The number of carbonyl (C=O) groups is 1. The summed E-state index contributed by atoms with van der Waals surface area (Å²) in [6, 6.07) is 0. The topological polar surface area (TPSA) is 44.8 Å². The van der Waals surface area contributed by atoms with Crippen molar-refractivity contribution in [1.82, 2.24) is 0 Å². The van der Waals surface area contributed by atoms with E-state index in [2.05, 4.69) is 6.58 Å². The van der Waals surface area contributed by atoms with Crippen molar-refractivity contribution in [2.75, 3.05) is 6.61 Å². The van der Waals surface area contributed by atoms with Crippen LogP contribution in [0.4, 0.5) is 0 Å². The lowest BCUT2D eigenvalue weighted by Gasteiger charge is -2.06. The Labute approximate surface area is 76.8 Å². The van der Waals surface area contributed by atoms with Crippen molar-refractivity contribution in [2.45, 2.75) is 13.8 Å². The van der Waals surface area contributed by atoms with Gasteiger partial charge in [-0.25, -0.2) is 0 Å². The summed E-state index contributed by atoms with van der Waals surface area (Å²) < 4.78 is 14.6. The summed E-state index contributed by atoms with van der Waals surface area (Å²) in [5, 5.41) is 0. The Hall–Kier alpha value is -1.45. The molecule has 4 nitrogen and oxygen atoms in total. The number of esters is 1. The molecule has 0 bridgehead atoms. The molecule has 0 unspecified atom stereocenters. The Bertz CT molecular complexity index is 252. The Morgan fingerprint density at radius 3 is 2.85 bits per heavy atom. The first-order valence-electron chi connectivity index (χ1n) is 3.98. The van der Waals surface area contributed by atoms with Crippen molar-refractivity contribution in [1.29, 1.82) is 0 Å². The van der Waals surface area contributed by atoms with Gasteiger partial charge >= 0.3 is 5.97 Å². The molecule has 0 fully saturated rings. The largest absolute Gasteiger partial charge is 0.457 e. The summed E-state index contributed by atoms with van der Waals surface area (Å²) in [6.07, 6.45) is 1.37. The predicted octanol–water partition coefficient (Wildman–Crippen LogP) is 1.54. The van der Waals surface area contributed by atoms with Gasteiger partial charge in [0.1, 0.15) is 6.26 Å². The van der Waals surface area contributed by atoms with Gasteiger partial charge in [-0.3, -0.25) is 4.79 Å². The highest BCUT2D eigenvalue weighted by Crippen LogP contribution is 2.15. The van der Waals surface area contributed by atoms with Crippen molar-refractivity contribution in [3.8, 4) is 0 Å². The number of carbonyl (C=O) groups excluding carboxylic acids is 1. The Morgan fingerprint density at radius 2 is 2.38 bits per heavy atom. The van der Waals surface area contributed by atoms with Crippen molar-refractivity contribution < 1.29 is 19.0 Å². The van der Waals surface area contributed by atoms with Crippen molar-refractivity contribution in [3.63, 3.8) is 0 Å². The lowest BCUT2D eigenvalue weighted by Crippen LogP contribution is -2.13. The highest BCUT2D eigenvalue weighted by molar-refractivity contribution is 5.71. The summed E-state index contributed by atoms with van der Waals surface area (Å²) >= 11 is 0. The molecular formula is C9H12O4. The maximum absolute atomic E-state index is 11.0. The molecule has 1 aliphatic heterocycles. The zero-order valence-electron chi connectivity index (χ0n) is 7.70. The first kappa shape index (κ1) is 9.64. The molecule has 0 N–H and O–H groups in total. The molecule has 0 spiro atoms. The standard InChI is InChI=1S/C9H12O4/c1-6(2)9(10)12-5-8-4-11-7(3)13-8/h4,6H,3,5H2,1-2H3. The van der Waals surface area contributed by atoms with Crippen LogP contribution in [0.5, 0.6) is 0 Å². The van der Waals surface area contributed by atoms with E-state index < -0.39 is 0 Å². The SMILES string of the molecule is C=C1OC=C(COC(=O)C(C)C)O1. The third-order valence-corrected chi connectivity index (χ3v) is 1.39. The fourth-order valence-electron chi connectivity index (χ4n) is 0.698. The molecule has 0 aromatic carbocycles. The first-order valence-corrected chi connectivity index (χ1v) is 3.98. The number of ether oxygens (including phenoxy) is 3. The zero-order chi connectivity index (χ0) is 9.84. The van der Waals surface area contributed by atoms with E-state index in [0.29, 0.717) is 5.76 Å². The van der Waals surface area contributed by atoms with Gasteiger partial charge in [-0.1, -0.05) is 13.8 Å². The van der Waals surface area contributed by atoms with Crippen LogP contribution in [-0.2, 0) is 19.0 Å². The van der Waals surface area contributed by atoms with Crippen LogP contribution in [0.2, 0.25) is 0 Å². The van der Waals surface area contributed by atoms with Crippen LogP contribution in [0.25, 0.3) is 0 Å². The molecule has 0 radical (unpaired) electrons. The second-order valence-electron chi connectivity index (χ2n) is 2.94. The van der Waals surface area contributed by atoms with Crippen molar-refractivity contribution >= 4 is 5.97 Å². The average Bonchev–Trinajstić information content (AvgIpc) is 2.47. The predicted molar refractivity (Wildman–Crippen MR) is 45.2 cm³/mol. The van der Waals surface area contributed by atoms with Crippen LogP contribution in [0, 0.1) is 5.92 Å². The summed E-state index contributed by atoms with van der Waals surface area (Å²) in [5.41, 5.74) is 0. The first-order chi connectivity index (χ1) is 6.09. The molecule has 4 heteroatoms. The fraction of sp³-hybridized carbons (Fsp3) is 0.444. The quantitative estimate of drug-likeness (QED) is 0.624. The van der Waals surface area contributed by atoms with E-state index in [9.17, 15) is 4.79 Å². The summed E-state index contributed by atoms with van der Waals surface area (Å²) in [5.74, 6) is 0.266. The van der Waals surface area contributed by atoms with Gasteiger partial charge in [0.2, 0.25) is 0 Å². The molecule has 0 saturated heterocycles. The zero-order valence-corrected chi connectivity index (χ0v) is 7.70. The van der Waals surface area contributed by atoms with Crippen LogP contribution >= 0.6 is 0 Å². The Morgan fingerprint density at radius 1 is 1.69 bits per heavy atom. The maximum atomic E-state index is 11.0. The third kappa shape index (κ3) is 2.82. The van der Waals surface area contributed by atoms with Crippen LogP contribution in [0.15, 0.2) is 24.5 Å². The van der Waals surface area contributed by atoms with Crippen LogP contribution in [0.1, 0.15) is 13.8 Å². The molecule has 0 amide bonds. The molecule has 0 aromatic heterocycles. The van der Waals surface area contributed by atoms with Crippen LogP contribution in [-0.4, -0.2) is 12.6 Å². The van der Waals surface area contributed by atoms with E-state index in [0.717, 1.165) is 0 Å². The van der Waals surface area contributed by atoms with E-state index in [1.807, 2.05) is 0 Å². The lowest BCUT2D eigenvalue weighted by atomic mass is 10.2. The fourth-order valence-corrected chi connectivity index (χ4v) is 0.698. The Balaban J connectivity index is 2.27. The smallest absolute Gasteiger partial charge is 0.308 e. The molecule has 1 aliphatic rings. The van der Waals surface area contributed by atoms with Gasteiger partial charge in [-0.15, -0.1) is 0 Å². The monoisotopic (exact) mass is 184 g/mol. The molecule has 1 heterocycles. The summed E-state index contributed by atoms with van der Waals surface area (Å²) in [7, 11) is 0. The number of hydrogen-bond donors (Lipinski definition) is 0. The molecule has 13 heavy (non-hydrogen) atoms. The lowest BCUT2D eigenvalue weighted by molar-refractivity contribution is -0.147. The number of hydrogen-bond acceptors (Lipinski definition) is 4. The van der Waals surface area contributed by atoms with Gasteiger partial charge < -0.3 is 14.2 Å². The highest BCUT2D eigenvalue weighted by Gasteiger charge is 2.14. The second-order valence-corrected chi connectivity index (χ2v) is 2.94. The normalized spacial score (nSPS) is 15.0. The second kappa shape index (κ2) is 3.98. The minimum Gasteiger partial charge on any atom is -0.457 e. The van der Waals surface area contributed by atoms with Crippen molar-refractivity contribution in [3.05, 3.63) is 24.5 Å².